The number of ether oxygens (including phenoxy) is 1. The molecule has 0 aliphatic carbocycles. The van der Waals surface area contributed by atoms with E-state index in [1.54, 1.807) is 43.3 Å². The number of halogens is 1. The predicted octanol–water partition coefficient (Wildman–Crippen LogP) is 3.55. The highest BCUT2D eigenvalue weighted by Gasteiger charge is 2.32. The number of benzene rings is 2. The summed E-state index contributed by atoms with van der Waals surface area (Å²) in [6.45, 7) is 1.24. The number of amides is 1. The number of piperidine rings is 1. The maximum absolute atomic E-state index is 12.8. The lowest BCUT2D eigenvalue weighted by Crippen LogP contribution is -2.43. The topological polar surface area (TPSA) is 66.9 Å². The molecule has 0 N–H and O–H groups in total. The first kappa shape index (κ1) is 22.6. The molecule has 0 radical (unpaired) electrons. The fraction of sp³-hybridized carbons (Fsp3) is 0.409. The first-order valence-electron chi connectivity index (χ1n) is 9.88. The first-order chi connectivity index (χ1) is 14.3. The molecule has 0 saturated carbocycles. The molecule has 1 heterocycles. The van der Waals surface area contributed by atoms with Gasteiger partial charge >= 0.3 is 0 Å². The van der Waals surface area contributed by atoms with Crippen molar-refractivity contribution in [3.05, 3.63) is 64.7 Å². The van der Waals surface area contributed by atoms with Crippen LogP contribution in [-0.4, -0.2) is 50.8 Å². The average molecular weight is 451 g/mol. The minimum atomic E-state index is -3.42. The van der Waals surface area contributed by atoms with Gasteiger partial charge in [0.1, 0.15) is 5.75 Å². The molecule has 8 heteroatoms. The number of hydrogen-bond donors (Lipinski definition) is 0. The smallest absolute Gasteiger partial charge is 0.225 e. The molecule has 0 unspecified atom stereocenters. The van der Waals surface area contributed by atoms with Crippen molar-refractivity contribution in [1.29, 1.82) is 0 Å². The molecule has 162 valence electrons. The van der Waals surface area contributed by atoms with Gasteiger partial charge in [-0.3, -0.25) is 4.79 Å². The first-order valence-corrected chi connectivity index (χ1v) is 11.9. The molecule has 1 aliphatic heterocycles. The van der Waals surface area contributed by atoms with E-state index in [0.717, 1.165) is 11.3 Å². The van der Waals surface area contributed by atoms with Gasteiger partial charge in [0.05, 0.1) is 12.9 Å². The minimum absolute atomic E-state index is 0.0554. The van der Waals surface area contributed by atoms with Crippen molar-refractivity contribution in [2.45, 2.75) is 25.1 Å². The van der Waals surface area contributed by atoms with E-state index in [9.17, 15) is 13.2 Å². The number of carbonyl (C=O) groups is 1. The summed E-state index contributed by atoms with van der Waals surface area (Å²) in [6, 6.07) is 14.5. The van der Waals surface area contributed by atoms with Crippen molar-refractivity contribution in [2.75, 3.05) is 27.2 Å². The fourth-order valence-corrected chi connectivity index (χ4v) is 5.35. The molecule has 0 spiro atoms. The van der Waals surface area contributed by atoms with Gasteiger partial charge in [0.25, 0.3) is 0 Å². The Kier molecular flexibility index (Phi) is 7.39. The molecule has 2 aromatic rings. The zero-order valence-corrected chi connectivity index (χ0v) is 18.8. The summed E-state index contributed by atoms with van der Waals surface area (Å²) in [5, 5.41) is 0.578. The van der Waals surface area contributed by atoms with Gasteiger partial charge in [-0.1, -0.05) is 35.9 Å². The maximum Gasteiger partial charge on any atom is 0.225 e. The Hall–Kier alpha value is -2.09. The van der Waals surface area contributed by atoms with Crippen molar-refractivity contribution in [1.82, 2.24) is 9.21 Å². The van der Waals surface area contributed by atoms with Gasteiger partial charge < -0.3 is 9.64 Å². The lowest BCUT2D eigenvalue weighted by atomic mass is 9.96. The molecule has 1 fully saturated rings. The Labute approximate surface area is 183 Å². The van der Waals surface area contributed by atoms with Crippen LogP contribution in [0.4, 0.5) is 0 Å². The van der Waals surface area contributed by atoms with Crippen LogP contribution < -0.4 is 4.74 Å². The average Bonchev–Trinajstić information content (AvgIpc) is 2.75. The Morgan fingerprint density at radius 2 is 1.63 bits per heavy atom. The predicted molar refractivity (Wildman–Crippen MR) is 118 cm³/mol. The summed E-state index contributed by atoms with van der Waals surface area (Å²) < 4.78 is 32.1. The fourth-order valence-electron chi connectivity index (χ4n) is 3.66. The highest BCUT2D eigenvalue weighted by molar-refractivity contribution is 7.88. The third-order valence-corrected chi connectivity index (χ3v) is 7.52. The van der Waals surface area contributed by atoms with Gasteiger partial charge in [-0.25, -0.2) is 12.7 Å². The second-order valence-electron chi connectivity index (χ2n) is 7.60. The van der Waals surface area contributed by atoms with E-state index in [-0.39, 0.29) is 17.6 Å². The number of carbonyl (C=O) groups excluding carboxylic acids is 1. The third-order valence-electron chi connectivity index (χ3n) is 5.41. The second-order valence-corrected chi connectivity index (χ2v) is 10.0. The summed E-state index contributed by atoms with van der Waals surface area (Å²) in [6.07, 6.45) is 1.07. The molecule has 6 nitrogen and oxygen atoms in total. The van der Waals surface area contributed by atoms with Crippen LogP contribution in [0.25, 0.3) is 0 Å². The molecular formula is C22H27ClN2O4S. The molecule has 0 aromatic heterocycles. The number of nitrogens with zero attached hydrogens (tertiary/aromatic N) is 2. The monoisotopic (exact) mass is 450 g/mol. The molecule has 1 amide bonds. The number of hydrogen-bond acceptors (Lipinski definition) is 4. The van der Waals surface area contributed by atoms with Crippen LogP contribution in [0.3, 0.4) is 0 Å². The van der Waals surface area contributed by atoms with Crippen LogP contribution in [0.15, 0.2) is 48.5 Å². The standard InChI is InChI=1S/C22H27ClN2O4S/c1-24(15-17-5-9-21(29-2)10-6-17)22(26)19-11-13-25(14-12-19)30(27,28)16-18-3-7-20(23)8-4-18/h3-10,19H,11-16H2,1-2H3. The molecule has 3 rings (SSSR count). The van der Waals surface area contributed by atoms with E-state index in [2.05, 4.69) is 0 Å². The van der Waals surface area contributed by atoms with Crippen LogP contribution in [0, 0.1) is 5.92 Å². The molecule has 1 aliphatic rings. The van der Waals surface area contributed by atoms with Crippen LogP contribution in [0.1, 0.15) is 24.0 Å². The number of methoxy groups -OCH3 is 1. The van der Waals surface area contributed by atoms with Crippen molar-refractivity contribution < 1.29 is 17.9 Å². The highest BCUT2D eigenvalue weighted by Crippen LogP contribution is 2.24. The van der Waals surface area contributed by atoms with Crippen molar-refractivity contribution in [3.63, 3.8) is 0 Å². The lowest BCUT2D eigenvalue weighted by Gasteiger charge is -2.32. The van der Waals surface area contributed by atoms with Gasteiger partial charge in [0, 0.05) is 37.6 Å². The normalized spacial score (nSPS) is 15.7. The molecule has 0 bridgehead atoms. The number of sulfonamides is 1. The van der Waals surface area contributed by atoms with E-state index in [4.69, 9.17) is 16.3 Å². The summed E-state index contributed by atoms with van der Waals surface area (Å²) in [4.78, 5) is 14.5. The van der Waals surface area contributed by atoms with Crippen molar-refractivity contribution >= 4 is 27.5 Å². The van der Waals surface area contributed by atoms with E-state index in [0.29, 0.717) is 43.1 Å². The summed E-state index contributed by atoms with van der Waals surface area (Å²) in [5.74, 6) is 0.621. The zero-order chi connectivity index (χ0) is 21.7. The van der Waals surface area contributed by atoms with Crippen LogP contribution in [-0.2, 0) is 27.1 Å². The largest absolute Gasteiger partial charge is 0.497 e. The van der Waals surface area contributed by atoms with E-state index in [1.165, 1.54) is 4.31 Å². The molecule has 0 atom stereocenters. The molecule has 1 saturated heterocycles. The maximum atomic E-state index is 12.8. The van der Waals surface area contributed by atoms with Gasteiger partial charge in [0.15, 0.2) is 0 Å². The van der Waals surface area contributed by atoms with Gasteiger partial charge in [0.2, 0.25) is 15.9 Å². The molecular weight excluding hydrogens is 424 g/mol. The van der Waals surface area contributed by atoms with E-state index >= 15 is 0 Å². The summed E-state index contributed by atoms with van der Waals surface area (Å²) in [5.41, 5.74) is 1.73. The Bertz CT molecular complexity index is 954. The van der Waals surface area contributed by atoms with E-state index in [1.807, 2.05) is 24.3 Å². The van der Waals surface area contributed by atoms with Crippen LogP contribution in [0.5, 0.6) is 5.75 Å². The Morgan fingerprint density at radius 3 is 2.20 bits per heavy atom. The van der Waals surface area contributed by atoms with Crippen LogP contribution >= 0.6 is 11.6 Å². The molecule has 2 aromatic carbocycles. The van der Waals surface area contributed by atoms with Crippen LogP contribution in [0.2, 0.25) is 5.02 Å². The Balaban J connectivity index is 1.53. The Morgan fingerprint density at radius 1 is 1.07 bits per heavy atom. The van der Waals surface area contributed by atoms with Gasteiger partial charge in [-0.05, 0) is 48.2 Å². The third kappa shape index (κ3) is 5.74. The summed E-state index contributed by atoms with van der Waals surface area (Å²) >= 11 is 5.87. The summed E-state index contributed by atoms with van der Waals surface area (Å²) in [7, 11) is -0.0147. The lowest BCUT2D eigenvalue weighted by molar-refractivity contribution is -0.135. The van der Waals surface area contributed by atoms with Crippen molar-refractivity contribution in [3.8, 4) is 5.75 Å². The highest BCUT2D eigenvalue weighted by atomic mass is 35.5. The second kappa shape index (κ2) is 9.81. The van der Waals surface area contributed by atoms with Gasteiger partial charge in [-0.15, -0.1) is 0 Å². The molecule has 30 heavy (non-hydrogen) atoms. The van der Waals surface area contributed by atoms with E-state index < -0.39 is 10.0 Å². The minimum Gasteiger partial charge on any atom is -0.497 e. The van der Waals surface area contributed by atoms with Crippen molar-refractivity contribution in [2.24, 2.45) is 5.92 Å². The quantitative estimate of drug-likeness (QED) is 0.647. The van der Waals surface area contributed by atoms with Gasteiger partial charge in [-0.2, -0.15) is 0 Å². The SMILES string of the molecule is COc1ccc(CN(C)C(=O)C2CCN(S(=O)(=O)Cc3ccc(Cl)cc3)CC2)cc1. The zero-order valence-electron chi connectivity index (χ0n) is 17.3. The number of rotatable bonds is 7.